The van der Waals surface area contributed by atoms with E-state index in [4.69, 9.17) is 0 Å². The van der Waals surface area contributed by atoms with Gasteiger partial charge in [-0.05, 0) is 76.5 Å². The highest BCUT2D eigenvalue weighted by Gasteiger charge is 2.24. The van der Waals surface area contributed by atoms with E-state index in [-0.39, 0.29) is 17.0 Å². The van der Waals surface area contributed by atoms with Crippen LogP contribution in [-0.4, -0.2) is 54.1 Å². The topological polar surface area (TPSA) is 99.0 Å². The molecule has 0 saturated carbocycles. The van der Waals surface area contributed by atoms with Gasteiger partial charge in [-0.1, -0.05) is 0 Å². The number of benzene rings is 2. The molecule has 8 nitrogen and oxygen atoms in total. The third-order valence-corrected chi connectivity index (χ3v) is 5.99. The molecule has 0 bridgehead atoms. The van der Waals surface area contributed by atoms with Gasteiger partial charge in [0.25, 0.3) is 11.6 Å². The summed E-state index contributed by atoms with van der Waals surface area (Å²) in [6, 6.07) is 8.00. The first-order valence-electron chi connectivity index (χ1n) is 8.47. The zero-order chi connectivity index (χ0) is 20.4. The molecule has 2 aromatic carbocycles. The number of piperazine rings is 1. The number of rotatable bonds is 4. The predicted octanol–water partition coefficient (Wildman–Crippen LogP) is 3.51. The Balaban J connectivity index is 1.86. The van der Waals surface area contributed by atoms with Crippen molar-refractivity contribution in [2.24, 2.45) is 0 Å². The van der Waals surface area contributed by atoms with Crippen molar-refractivity contribution in [3.63, 3.8) is 0 Å². The molecule has 0 spiro atoms. The number of nitrogens with zero attached hydrogens (tertiary/aromatic N) is 3. The van der Waals surface area contributed by atoms with E-state index in [1.165, 1.54) is 6.07 Å². The van der Waals surface area contributed by atoms with Crippen molar-refractivity contribution >= 4 is 68.2 Å². The minimum atomic E-state index is -0.518. The van der Waals surface area contributed by atoms with E-state index in [1.807, 2.05) is 34.5 Å². The fraction of sp³-hybridized carbons (Fsp3) is 0.278. The second-order valence-electron chi connectivity index (χ2n) is 6.49. The van der Waals surface area contributed by atoms with Crippen molar-refractivity contribution in [2.45, 2.75) is 0 Å². The molecule has 28 heavy (non-hydrogen) atoms. The van der Waals surface area contributed by atoms with Crippen LogP contribution in [0.4, 0.5) is 17.1 Å². The van der Waals surface area contributed by atoms with E-state index in [0.717, 1.165) is 16.7 Å². The number of amides is 1. The number of carbonyl (C=O) groups excluding carboxylic acids is 1. The zero-order valence-electron chi connectivity index (χ0n) is 15.0. The van der Waals surface area contributed by atoms with Gasteiger partial charge in [0, 0.05) is 41.5 Å². The van der Waals surface area contributed by atoms with Gasteiger partial charge >= 0.3 is 0 Å². The van der Waals surface area contributed by atoms with E-state index in [1.54, 1.807) is 24.3 Å². The van der Waals surface area contributed by atoms with Crippen LogP contribution in [0.5, 0.6) is 5.75 Å². The molecule has 3 rings (SSSR count). The van der Waals surface area contributed by atoms with E-state index < -0.39 is 10.8 Å². The van der Waals surface area contributed by atoms with Crippen LogP contribution in [0.25, 0.3) is 0 Å². The smallest absolute Gasteiger partial charge is 0.294 e. The summed E-state index contributed by atoms with van der Waals surface area (Å²) in [6.45, 7) is 3.08. The molecule has 0 aromatic heterocycles. The van der Waals surface area contributed by atoms with Gasteiger partial charge in [-0.2, -0.15) is 0 Å². The standard InChI is InChI=1S/C18H18I2N4O4/c1-22-4-6-23(7-5-22)15-3-2-12(10-16(15)24(27)28)21-18(26)13-8-11(19)9-14(20)17(13)25/h2-3,8-10,25H,4-7H2,1H3,(H,21,26). The van der Waals surface area contributed by atoms with Crippen LogP contribution in [0, 0.1) is 17.3 Å². The summed E-state index contributed by atoms with van der Waals surface area (Å²) in [7, 11) is 2.02. The molecule has 2 N–H and O–H groups in total. The zero-order valence-corrected chi connectivity index (χ0v) is 19.3. The monoisotopic (exact) mass is 608 g/mol. The lowest BCUT2D eigenvalue weighted by atomic mass is 10.1. The van der Waals surface area contributed by atoms with Crippen molar-refractivity contribution < 1.29 is 14.8 Å². The Morgan fingerprint density at radius 3 is 2.50 bits per heavy atom. The molecule has 1 fully saturated rings. The van der Waals surface area contributed by atoms with Crippen molar-refractivity contribution in [3.8, 4) is 5.75 Å². The van der Waals surface area contributed by atoms with Crippen LogP contribution < -0.4 is 10.2 Å². The lowest BCUT2D eigenvalue weighted by Crippen LogP contribution is -2.44. The van der Waals surface area contributed by atoms with E-state index >= 15 is 0 Å². The molecular formula is C18H18I2N4O4. The van der Waals surface area contributed by atoms with Crippen LogP contribution in [0.15, 0.2) is 30.3 Å². The molecule has 0 atom stereocenters. The Bertz CT molecular complexity index is 930. The maximum atomic E-state index is 12.6. The number of phenolic OH excluding ortho intramolecular Hbond substituents is 1. The first kappa shape index (κ1) is 21.0. The second-order valence-corrected chi connectivity index (χ2v) is 8.90. The molecule has 10 heteroatoms. The van der Waals surface area contributed by atoms with Crippen molar-refractivity contribution in [1.29, 1.82) is 0 Å². The minimum absolute atomic E-state index is 0.0520. The van der Waals surface area contributed by atoms with Crippen LogP contribution >= 0.6 is 45.2 Å². The number of halogens is 2. The Hall–Kier alpha value is -1.67. The molecule has 1 aliphatic rings. The third-order valence-electron chi connectivity index (χ3n) is 4.55. The highest BCUT2D eigenvalue weighted by Crippen LogP contribution is 2.33. The number of anilines is 2. The molecule has 0 unspecified atom stereocenters. The number of hydrogen-bond acceptors (Lipinski definition) is 6. The minimum Gasteiger partial charge on any atom is -0.506 e. The van der Waals surface area contributed by atoms with Gasteiger partial charge in [-0.25, -0.2) is 0 Å². The number of nitrogens with one attached hydrogen (secondary N) is 1. The van der Waals surface area contributed by atoms with Crippen LogP contribution in [-0.2, 0) is 0 Å². The lowest BCUT2D eigenvalue weighted by Gasteiger charge is -2.33. The molecule has 148 valence electrons. The van der Waals surface area contributed by atoms with Crippen LogP contribution in [0.3, 0.4) is 0 Å². The maximum Gasteiger partial charge on any atom is 0.294 e. The number of nitro groups is 1. The summed E-state index contributed by atoms with van der Waals surface area (Å²) in [5.41, 5.74) is 0.927. The van der Waals surface area contributed by atoms with Gasteiger partial charge in [0.2, 0.25) is 0 Å². The van der Waals surface area contributed by atoms with Gasteiger partial charge < -0.3 is 20.2 Å². The van der Waals surface area contributed by atoms with Gasteiger partial charge in [-0.15, -0.1) is 0 Å². The average molecular weight is 608 g/mol. The predicted molar refractivity (Wildman–Crippen MR) is 124 cm³/mol. The third kappa shape index (κ3) is 4.66. The number of hydrogen-bond donors (Lipinski definition) is 2. The molecule has 1 saturated heterocycles. The molecular weight excluding hydrogens is 590 g/mol. The van der Waals surface area contributed by atoms with Gasteiger partial charge in [0.05, 0.1) is 14.1 Å². The van der Waals surface area contributed by atoms with E-state index in [9.17, 15) is 20.0 Å². The summed E-state index contributed by atoms with van der Waals surface area (Å²) in [4.78, 5) is 27.9. The Morgan fingerprint density at radius 1 is 1.18 bits per heavy atom. The van der Waals surface area contributed by atoms with E-state index in [0.29, 0.717) is 28.0 Å². The molecule has 1 aliphatic heterocycles. The Kier molecular flexibility index (Phi) is 6.60. The quantitative estimate of drug-likeness (QED) is 0.314. The number of likely N-dealkylation sites (N-methyl/N-ethyl adjacent to an activating group) is 1. The van der Waals surface area contributed by atoms with Crippen LogP contribution in [0.2, 0.25) is 0 Å². The van der Waals surface area contributed by atoms with Gasteiger partial charge in [0.15, 0.2) is 0 Å². The van der Waals surface area contributed by atoms with Gasteiger partial charge in [-0.3, -0.25) is 14.9 Å². The Morgan fingerprint density at radius 2 is 1.86 bits per heavy atom. The fourth-order valence-electron chi connectivity index (χ4n) is 3.00. The Labute approximate surface area is 189 Å². The fourth-order valence-corrected chi connectivity index (χ4v) is 4.84. The average Bonchev–Trinajstić information content (AvgIpc) is 2.65. The highest BCUT2D eigenvalue weighted by atomic mass is 127. The first-order valence-corrected chi connectivity index (χ1v) is 10.6. The molecule has 0 aliphatic carbocycles. The molecule has 1 heterocycles. The normalized spacial score (nSPS) is 14.8. The summed E-state index contributed by atoms with van der Waals surface area (Å²) < 4.78 is 1.37. The largest absolute Gasteiger partial charge is 0.506 e. The second kappa shape index (κ2) is 8.78. The van der Waals surface area contributed by atoms with Crippen LogP contribution in [0.1, 0.15) is 10.4 Å². The van der Waals surface area contributed by atoms with Gasteiger partial charge in [0.1, 0.15) is 11.4 Å². The van der Waals surface area contributed by atoms with Crippen molar-refractivity contribution in [3.05, 3.63) is 53.1 Å². The molecule has 0 radical (unpaired) electrons. The number of aromatic hydroxyl groups is 1. The first-order chi connectivity index (χ1) is 13.3. The maximum absolute atomic E-state index is 12.6. The van der Waals surface area contributed by atoms with Crippen molar-refractivity contribution in [1.82, 2.24) is 4.90 Å². The molecule has 2 aromatic rings. The van der Waals surface area contributed by atoms with E-state index in [2.05, 4.69) is 32.8 Å². The summed E-state index contributed by atoms with van der Waals surface area (Å²) in [5, 5.41) is 24.4. The SMILES string of the molecule is CN1CCN(c2ccc(NC(=O)c3cc(I)cc(I)c3O)cc2[N+](=O)[O-])CC1. The summed E-state index contributed by atoms with van der Waals surface area (Å²) >= 11 is 4.01. The lowest BCUT2D eigenvalue weighted by molar-refractivity contribution is -0.384. The van der Waals surface area contributed by atoms with Crippen molar-refractivity contribution in [2.75, 3.05) is 43.4 Å². The molecule has 1 amide bonds. The highest BCUT2D eigenvalue weighted by molar-refractivity contribution is 14.1. The summed E-state index contributed by atoms with van der Waals surface area (Å²) in [6.07, 6.45) is 0. The number of carbonyl (C=O) groups is 1. The summed E-state index contributed by atoms with van der Waals surface area (Å²) in [5.74, 6) is -0.627. The number of phenols is 1. The number of nitro benzene ring substituents is 1.